The Balaban J connectivity index is 1.41. The van der Waals surface area contributed by atoms with Crippen molar-refractivity contribution in [3.8, 4) is 0 Å². The van der Waals surface area contributed by atoms with Gasteiger partial charge in [-0.2, -0.15) is 5.53 Å². The highest BCUT2D eigenvalue weighted by Gasteiger charge is 2.36. The lowest BCUT2D eigenvalue weighted by atomic mass is 9.82. The van der Waals surface area contributed by atoms with Crippen LogP contribution in [-0.4, -0.2) is 37.0 Å². The van der Waals surface area contributed by atoms with E-state index in [1.807, 2.05) is 0 Å². The molecule has 0 spiro atoms. The maximum absolute atomic E-state index is 13.5. The summed E-state index contributed by atoms with van der Waals surface area (Å²) in [5, 5.41) is 5.17. The normalized spacial score (nSPS) is 25.3. The van der Waals surface area contributed by atoms with Gasteiger partial charge < -0.3 is 10.6 Å². The molecule has 0 bridgehead atoms. The van der Waals surface area contributed by atoms with Crippen LogP contribution in [-0.2, 0) is 4.79 Å². The van der Waals surface area contributed by atoms with Crippen molar-refractivity contribution in [1.82, 2.24) is 27.0 Å². The molecule has 1 saturated carbocycles. The second-order valence-electron chi connectivity index (χ2n) is 6.28. The zero-order valence-corrected chi connectivity index (χ0v) is 13.6. The van der Waals surface area contributed by atoms with E-state index in [9.17, 15) is 18.4 Å². The molecule has 9 heteroatoms. The van der Waals surface area contributed by atoms with Gasteiger partial charge in [-0.25, -0.2) is 19.6 Å². The average molecular weight is 353 g/mol. The summed E-state index contributed by atoms with van der Waals surface area (Å²) in [4.78, 5) is 24.0. The Labute approximate surface area is 143 Å². The van der Waals surface area contributed by atoms with E-state index in [0.29, 0.717) is 6.04 Å². The van der Waals surface area contributed by atoms with Crippen LogP contribution in [0.4, 0.5) is 8.78 Å². The van der Waals surface area contributed by atoms with Crippen molar-refractivity contribution < 1.29 is 18.4 Å². The number of fused-ring (bicyclic) bond motifs is 1. The van der Waals surface area contributed by atoms with Gasteiger partial charge in [-0.05, 0) is 31.4 Å². The van der Waals surface area contributed by atoms with E-state index in [-0.39, 0.29) is 31.0 Å². The second-order valence-corrected chi connectivity index (χ2v) is 6.28. The predicted molar refractivity (Wildman–Crippen MR) is 86.0 cm³/mol. The molecule has 25 heavy (non-hydrogen) atoms. The van der Waals surface area contributed by atoms with Crippen LogP contribution >= 0.6 is 0 Å². The molecule has 3 rings (SSSR count). The quantitative estimate of drug-likeness (QED) is 0.479. The summed E-state index contributed by atoms with van der Waals surface area (Å²) in [6.07, 6.45) is 2.41. The molecule has 2 fully saturated rings. The van der Waals surface area contributed by atoms with Gasteiger partial charge in [-0.3, -0.25) is 9.59 Å². The van der Waals surface area contributed by atoms with E-state index in [0.717, 1.165) is 31.4 Å². The fraction of sp³-hybridized carbons (Fsp3) is 0.500. The van der Waals surface area contributed by atoms with Gasteiger partial charge in [0.1, 0.15) is 17.2 Å². The number of carbonyl (C=O) groups is 2. The molecule has 7 nitrogen and oxygen atoms in total. The topological polar surface area (TPSA) is 94.3 Å². The Bertz CT molecular complexity index is 637. The highest BCUT2D eigenvalue weighted by Crippen LogP contribution is 2.25. The zero-order chi connectivity index (χ0) is 17.8. The third-order valence-electron chi connectivity index (χ3n) is 4.64. The van der Waals surface area contributed by atoms with Gasteiger partial charge in [0.2, 0.25) is 5.91 Å². The van der Waals surface area contributed by atoms with E-state index >= 15 is 0 Å². The lowest BCUT2D eigenvalue weighted by Gasteiger charge is -2.29. The minimum absolute atomic E-state index is 0.0709. The smallest absolute Gasteiger partial charge is 0.257 e. The number of rotatable bonds is 5. The number of carbonyl (C=O) groups excluding carboxylic acids is 2. The molecule has 2 aliphatic rings. The molecule has 3 atom stereocenters. The molecule has 1 aliphatic carbocycles. The summed E-state index contributed by atoms with van der Waals surface area (Å²) >= 11 is 0. The fourth-order valence-corrected chi connectivity index (χ4v) is 3.28. The molecule has 1 saturated heterocycles. The summed E-state index contributed by atoms with van der Waals surface area (Å²) in [7, 11) is 0. The van der Waals surface area contributed by atoms with Crippen LogP contribution in [0.15, 0.2) is 18.2 Å². The average Bonchev–Trinajstić information content (AvgIpc) is 3.06. The highest BCUT2D eigenvalue weighted by atomic mass is 19.1. The Morgan fingerprint density at radius 2 is 1.72 bits per heavy atom. The number of benzene rings is 1. The molecule has 1 aromatic rings. The van der Waals surface area contributed by atoms with Crippen molar-refractivity contribution in [1.29, 1.82) is 0 Å². The molecular weight excluding hydrogens is 332 g/mol. The van der Waals surface area contributed by atoms with Crippen LogP contribution in [0.2, 0.25) is 0 Å². The van der Waals surface area contributed by atoms with Gasteiger partial charge in [-0.1, -0.05) is 6.07 Å². The SMILES string of the molecule is O=C(NCCNC(=O)C1CCC2NNNC2C1)c1c(F)cccc1F. The van der Waals surface area contributed by atoms with Gasteiger partial charge >= 0.3 is 0 Å². The summed E-state index contributed by atoms with van der Waals surface area (Å²) < 4.78 is 27.0. The highest BCUT2D eigenvalue weighted by molar-refractivity contribution is 5.94. The van der Waals surface area contributed by atoms with Crippen molar-refractivity contribution in [2.24, 2.45) is 5.92 Å². The van der Waals surface area contributed by atoms with Crippen LogP contribution in [0.1, 0.15) is 29.6 Å². The molecular formula is C16H21F2N5O2. The van der Waals surface area contributed by atoms with Crippen LogP contribution < -0.4 is 27.0 Å². The third kappa shape index (κ3) is 4.12. The minimum atomic E-state index is -0.912. The van der Waals surface area contributed by atoms with Crippen molar-refractivity contribution in [2.45, 2.75) is 31.3 Å². The Kier molecular flexibility index (Phi) is 5.57. The van der Waals surface area contributed by atoms with Crippen molar-refractivity contribution >= 4 is 11.8 Å². The van der Waals surface area contributed by atoms with Crippen LogP contribution in [0.25, 0.3) is 0 Å². The summed E-state index contributed by atoms with van der Waals surface area (Å²) in [5.41, 5.74) is 8.45. The number of amides is 2. The Morgan fingerprint density at radius 1 is 1.04 bits per heavy atom. The van der Waals surface area contributed by atoms with Gasteiger partial charge in [-0.15, -0.1) is 0 Å². The molecule has 136 valence electrons. The maximum Gasteiger partial charge on any atom is 0.257 e. The van der Waals surface area contributed by atoms with Crippen molar-refractivity contribution in [3.63, 3.8) is 0 Å². The first-order chi connectivity index (χ1) is 12.1. The molecule has 0 radical (unpaired) electrons. The molecule has 1 aromatic carbocycles. The van der Waals surface area contributed by atoms with E-state index in [2.05, 4.69) is 27.0 Å². The van der Waals surface area contributed by atoms with Crippen molar-refractivity contribution in [2.75, 3.05) is 13.1 Å². The first kappa shape index (κ1) is 17.7. The van der Waals surface area contributed by atoms with Gasteiger partial charge in [0.05, 0.1) is 0 Å². The minimum Gasteiger partial charge on any atom is -0.354 e. The van der Waals surface area contributed by atoms with E-state index in [4.69, 9.17) is 0 Å². The molecule has 2 amide bonds. The van der Waals surface area contributed by atoms with E-state index < -0.39 is 23.1 Å². The number of halogens is 2. The summed E-state index contributed by atoms with van der Waals surface area (Å²) in [5.74, 6) is -2.82. The molecule has 1 heterocycles. The number of hydrazine groups is 2. The molecule has 0 aromatic heterocycles. The van der Waals surface area contributed by atoms with Crippen molar-refractivity contribution in [3.05, 3.63) is 35.4 Å². The Hall–Kier alpha value is -2.10. The monoisotopic (exact) mass is 353 g/mol. The standard InChI is InChI=1S/C16H21F2N5O2/c17-10-2-1-3-11(18)14(10)16(25)20-7-6-19-15(24)9-4-5-12-13(8-9)22-23-21-12/h1-3,9,12-13,21-23H,4-8H2,(H,19,24)(H,20,25). The van der Waals surface area contributed by atoms with Crippen LogP contribution in [0, 0.1) is 17.6 Å². The summed E-state index contributed by atoms with van der Waals surface area (Å²) in [6, 6.07) is 3.79. The van der Waals surface area contributed by atoms with Crippen LogP contribution in [0.3, 0.4) is 0 Å². The fourth-order valence-electron chi connectivity index (χ4n) is 3.28. The van der Waals surface area contributed by atoms with E-state index in [1.165, 1.54) is 6.07 Å². The molecule has 1 aliphatic heterocycles. The number of hydrogen-bond donors (Lipinski definition) is 5. The first-order valence-corrected chi connectivity index (χ1v) is 8.32. The molecule has 5 N–H and O–H groups in total. The summed E-state index contributed by atoms with van der Waals surface area (Å²) in [6.45, 7) is 0.299. The lowest BCUT2D eigenvalue weighted by Crippen LogP contribution is -2.45. The largest absolute Gasteiger partial charge is 0.354 e. The second kappa shape index (κ2) is 7.85. The lowest BCUT2D eigenvalue weighted by molar-refractivity contribution is -0.126. The number of nitrogens with one attached hydrogen (secondary N) is 5. The van der Waals surface area contributed by atoms with Gasteiger partial charge in [0.15, 0.2) is 0 Å². The first-order valence-electron chi connectivity index (χ1n) is 8.32. The molecule has 3 unspecified atom stereocenters. The van der Waals surface area contributed by atoms with E-state index in [1.54, 1.807) is 0 Å². The third-order valence-corrected chi connectivity index (χ3v) is 4.64. The maximum atomic E-state index is 13.5. The predicted octanol–water partition coefficient (Wildman–Crippen LogP) is -0.0395. The zero-order valence-electron chi connectivity index (χ0n) is 13.6. The van der Waals surface area contributed by atoms with Gasteiger partial charge in [0.25, 0.3) is 5.91 Å². The van der Waals surface area contributed by atoms with Crippen LogP contribution in [0.5, 0.6) is 0 Å². The Morgan fingerprint density at radius 3 is 2.48 bits per heavy atom. The number of hydrogen-bond acceptors (Lipinski definition) is 5. The van der Waals surface area contributed by atoms with Gasteiger partial charge in [0, 0.05) is 31.1 Å².